The minimum atomic E-state index is -1.11. The van der Waals surface area contributed by atoms with Crippen LogP contribution in [0.1, 0.15) is 37.8 Å². The third-order valence-corrected chi connectivity index (χ3v) is 3.55. The Bertz CT molecular complexity index is 973. The first kappa shape index (κ1) is 22.4. The van der Waals surface area contributed by atoms with Crippen LogP contribution in [0.2, 0.25) is 0 Å². The Kier molecular flexibility index (Phi) is 7.87. The van der Waals surface area contributed by atoms with E-state index in [0.717, 1.165) is 5.56 Å². The second-order valence-corrected chi connectivity index (χ2v) is 6.20. The van der Waals surface area contributed by atoms with Crippen LogP contribution >= 0.6 is 0 Å². The summed E-state index contributed by atoms with van der Waals surface area (Å²) in [5, 5.41) is 8.66. The van der Waals surface area contributed by atoms with E-state index in [-0.39, 0.29) is 24.3 Å². The second-order valence-electron chi connectivity index (χ2n) is 6.20. The number of carbonyl (C=O) groups excluding carboxylic acids is 3. The molecule has 0 aliphatic carbocycles. The van der Waals surface area contributed by atoms with Crippen LogP contribution in [0, 0.1) is 0 Å². The van der Waals surface area contributed by atoms with Gasteiger partial charge in [0.25, 0.3) is 0 Å². The fraction of sp³-hybridized carbons (Fsp3) is 0.182. The van der Waals surface area contributed by atoms with Gasteiger partial charge in [-0.05, 0) is 35.4 Å². The summed E-state index contributed by atoms with van der Waals surface area (Å²) in [6, 6.07) is 11.3. The quantitative estimate of drug-likeness (QED) is 0.398. The standard InChI is InChI=1S/C22H20O8/c1-14(23)28-18-7-5-16(6-8-18)3-4-17-11-19(29-15(2)24)13-20(12-17)30-22(27)10-9-21(25)26/h3-8,11-13H,9-10H2,1-2H3,(H,25,26). The highest BCUT2D eigenvalue weighted by Crippen LogP contribution is 2.25. The summed E-state index contributed by atoms with van der Waals surface area (Å²) in [6.07, 6.45) is 2.84. The normalized spacial score (nSPS) is 10.5. The smallest absolute Gasteiger partial charge is 0.311 e. The average Bonchev–Trinajstić information content (AvgIpc) is 2.65. The first-order valence-electron chi connectivity index (χ1n) is 8.94. The Morgan fingerprint density at radius 1 is 0.733 bits per heavy atom. The van der Waals surface area contributed by atoms with Gasteiger partial charge in [0.2, 0.25) is 0 Å². The maximum absolute atomic E-state index is 11.8. The fourth-order valence-corrected chi connectivity index (χ4v) is 2.37. The first-order chi connectivity index (χ1) is 14.2. The summed E-state index contributed by atoms with van der Waals surface area (Å²) in [5.74, 6) is -2.05. The van der Waals surface area contributed by atoms with E-state index in [1.807, 2.05) is 0 Å². The van der Waals surface area contributed by atoms with Crippen LogP contribution in [0.25, 0.3) is 12.2 Å². The van der Waals surface area contributed by atoms with Gasteiger partial charge in [-0.2, -0.15) is 0 Å². The number of carbonyl (C=O) groups is 4. The summed E-state index contributed by atoms with van der Waals surface area (Å²) in [5.41, 5.74) is 1.39. The van der Waals surface area contributed by atoms with Crippen LogP contribution in [-0.2, 0) is 19.2 Å². The number of ether oxygens (including phenoxy) is 3. The number of aliphatic carboxylic acids is 1. The van der Waals surface area contributed by atoms with Crippen LogP contribution in [0.15, 0.2) is 42.5 Å². The molecule has 0 saturated carbocycles. The molecule has 0 unspecified atom stereocenters. The molecule has 0 aliphatic heterocycles. The molecular formula is C22H20O8. The third kappa shape index (κ3) is 7.97. The van der Waals surface area contributed by atoms with E-state index in [1.165, 1.54) is 19.9 Å². The van der Waals surface area contributed by atoms with Gasteiger partial charge in [0, 0.05) is 19.9 Å². The molecule has 0 saturated heterocycles. The highest BCUT2D eigenvalue weighted by molar-refractivity contribution is 5.79. The number of hydrogen-bond donors (Lipinski definition) is 1. The molecule has 8 nitrogen and oxygen atoms in total. The number of esters is 3. The lowest BCUT2D eigenvalue weighted by Crippen LogP contribution is -2.10. The average molecular weight is 412 g/mol. The lowest BCUT2D eigenvalue weighted by Gasteiger charge is -2.08. The van der Waals surface area contributed by atoms with Crippen molar-refractivity contribution < 1.29 is 38.5 Å². The van der Waals surface area contributed by atoms with Crippen molar-refractivity contribution in [2.75, 3.05) is 0 Å². The summed E-state index contributed by atoms with van der Waals surface area (Å²) in [7, 11) is 0. The van der Waals surface area contributed by atoms with Crippen molar-refractivity contribution >= 4 is 36.0 Å². The molecule has 0 amide bonds. The molecule has 0 aromatic heterocycles. The molecule has 0 aliphatic rings. The summed E-state index contributed by atoms with van der Waals surface area (Å²) in [6.45, 7) is 2.56. The summed E-state index contributed by atoms with van der Waals surface area (Å²) in [4.78, 5) is 44.6. The minimum Gasteiger partial charge on any atom is -0.481 e. The Labute approximate surface area is 172 Å². The molecule has 1 N–H and O–H groups in total. The Balaban J connectivity index is 2.19. The van der Waals surface area contributed by atoms with Gasteiger partial charge in [0.15, 0.2) is 0 Å². The number of carboxylic acid groups (broad SMARTS) is 1. The highest BCUT2D eigenvalue weighted by Gasteiger charge is 2.10. The number of hydrogen-bond acceptors (Lipinski definition) is 7. The maximum Gasteiger partial charge on any atom is 0.311 e. The van der Waals surface area contributed by atoms with Crippen molar-refractivity contribution in [3.05, 3.63) is 53.6 Å². The van der Waals surface area contributed by atoms with Crippen molar-refractivity contribution in [1.82, 2.24) is 0 Å². The zero-order valence-corrected chi connectivity index (χ0v) is 16.4. The molecule has 8 heteroatoms. The molecule has 0 bridgehead atoms. The van der Waals surface area contributed by atoms with Crippen molar-refractivity contribution in [3.63, 3.8) is 0 Å². The second kappa shape index (κ2) is 10.6. The molecule has 2 rings (SSSR count). The summed E-state index contributed by atoms with van der Waals surface area (Å²) < 4.78 is 15.2. The van der Waals surface area contributed by atoms with Crippen LogP contribution < -0.4 is 14.2 Å². The zero-order chi connectivity index (χ0) is 22.1. The lowest BCUT2D eigenvalue weighted by molar-refractivity contribution is -0.142. The molecular weight excluding hydrogens is 392 g/mol. The number of rotatable bonds is 8. The molecule has 0 fully saturated rings. The molecule has 156 valence electrons. The highest BCUT2D eigenvalue weighted by atomic mass is 16.5. The van der Waals surface area contributed by atoms with Crippen molar-refractivity contribution in [2.24, 2.45) is 0 Å². The predicted octanol–water partition coefficient (Wildman–Crippen LogP) is 3.48. The molecule has 30 heavy (non-hydrogen) atoms. The van der Waals surface area contributed by atoms with Crippen LogP contribution in [-0.4, -0.2) is 29.0 Å². The third-order valence-electron chi connectivity index (χ3n) is 3.55. The molecule has 0 spiro atoms. The van der Waals surface area contributed by atoms with Crippen molar-refractivity contribution in [3.8, 4) is 17.2 Å². The fourth-order valence-electron chi connectivity index (χ4n) is 2.37. The van der Waals surface area contributed by atoms with Crippen LogP contribution in [0.3, 0.4) is 0 Å². The van der Waals surface area contributed by atoms with Crippen molar-refractivity contribution in [1.29, 1.82) is 0 Å². The van der Waals surface area contributed by atoms with E-state index < -0.39 is 23.9 Å². The van der Waals surface area contributed by atoms with E-state index in [9.17, 15) is 19.2 Å². The molecule has 0 atom stereocenters. The van der Waals surface area contributed by atoms with E-state index in [2.05, 4.69) is 0 Å². The van der Waals surface area contributed by atoms with Crippen molar-refractivity contribution in [2.45, 2.75) is 26.7 Å². The molecule has 0 heterocycles. The van der Waals surface area contributed by atoms with Gasteiger partial charge in [-0.25, -0.2) is 0 Å². The van der Waals surface area contributed by atoms with Gasteiger partial charge in [-0.3, -0.25) is 19.2 Å². The number of carboxylic acids is 1. The Morgan fingerprint density at radius 3 is 1.83 bits per heavy atom. The van der Waals surface area contributed by atoms with E-state index in [1.54, 1.807) is 48.6 Å². The van der Waals surface area contributed by atoms with Gasteiger partial charge in [-0.1, -0.05) is 24.3 Å². The molecule has 2 aromatic carbocycles. The topological polar surface area (TPSA) is 116 Å². The van der Waals surface area contributed by atoms with Gasteiger partial charge in [0.1, 0.15) is 17.2 Å². The first-order valence-corrected chi connectivity index (χ1v) is 8.94. The number of benzene rings is 2. The Hall–Kier alpha value is -3.94. The largest absolute Gasteiger partial charge is 0.481 e. The van der Waals surface area contributed by atoms with E-state index in [4.69, 9.17) is 19.3 Å². The Morgan fingerprint density at radius 2 is 1.27 bits per heavy atom. The van der Waals surface area contributed by atoms with Gasteiger partial charge in [0.05, 0.1) is 12.8 Å². The van der Waals surface area contributed by atoms with Gasteiger partial charge in [-0.15, -0.1) is 0 Å². The monoisotopic (exact) mass is 412 g/mol. The summed E-state index contributed by atoms with van der Waals surface area (Å²) >= 11 is 0. The van der Waals surface area contributed by atoms with Crippen LogP contribution in [0.5, 0.6) is 17.2 Å². The van der Waals surface area contributed by atoms with Gasteiger partial charge < -0.3 is 19.3 Å². The van der Waals surface area contributed by atoms with Crippen LogP contribution in [0.4, 0.5) is 0 Å². The zero-order valence-electron chi connectivity index (χ0n) is 16.4. The molecule has 0 radical (unpaired) electrons. The predicted molar refractivity (Wildman–Crippen MR) is 107 cm³/mol. The lowest BCUT2D eigenvalue weighted by atomic mass is 10.1. The van der Waals surface area contributed by atoms with E-state index >= 15 is 0 Å². The molecule has 2 aromatic rings. The maximum atomic E-state index is 11.8. The van der Waals surface area contributed by atoms with E-state index in [0.29, 0.717) is 11.3 Å². The van der Waals surface area contributed by atoms with Gasteiger partial charge >= 0.3 is 23.9 Å². The minimum absolute atomic E-state index is 0.119. The SMILES string of the molecule is CC(=O)Oc1ccc(C=Cc2cc(OC(C)=O)cc(OC(=O)CCC(=O)O)c2)cc1.